The molecule has 0 spiro atoms. The van der Waals surface area contributed by atoms with E-state index >= 15 is 0 Å². The molecule has 1 saturated heterocycles. The van der Waals surface area contributed by atoms with E-state index in [0.29, 0.717) is 40.1 Å². The van der Waals surface area contributed by atoms with Gasteiger partial charge in [-0.2, -0.15) is 0 Å². The fourth-order valence-corrected chi connectivity index (χ4v) is 5.27. The van der Waals surface area contributed by atoms with Gasteiger partial charge in [0.15, 0.2) is 0 Å². The molecule has 6 nitrogen and oxygen atoms in total. The van der Waals surface area contributed by atoms with Crippen molar-refractivity contribution in [2.75, 3.05) is 31.8 Å². The van der Waals surface area contributed by atoms with Crippen LogP contribution < -0.4 is 14.8 Å². The van der Waals surface area contributed by atoms with Crippen LogP contribution in [-0.4, -0.2) is 43.2 Å². The van der Waals surface area contributed by atoms with Crippen LogP contribution in [0, 0.1) is 0 Å². The van der Waals surface area contributed by atoms with Gasteiger partial charge in [0, 0.05) is 24.2 Å². The second-order valence-electron chi connectivity index (χ2n) is 7.75. The number of ether oxygens (including phenoxy) is 2. The molecular weight excluding hydrogens is 472 g/mol. The highest BCUT2D eigenvalue weighted by atomic mass is 35.5. The number of anilines is 1. The van der Waals surface area contributed by atoms with E-state index in [9.17, 15) is 9.59 Å². The molecule has 0 aliphatic carbocycles. The van der Waals surface area contributed by atoms with E-state index in [0.717, 1.165) is 12.0 Å². The summed E-state index contributed by atoms with van der Waals surface area (Å²) in [5.41, 5.74) is 3.14. The van der Waals surface area contributed by atoms with Gasteiger partial charge in [-0.1, -0.05) is 54.1 Å². The number of carbonyl (C=O) groups is 2. The van der Waals surface area contributed by atoms with Crippen molar-refractivity contribution >= 4 is 40.9 Å². The average Bonchev–Trinajstić information content (AvgIpc) is 3.24. The van der Waals surface area contributed by atoms with Crippen molar-refractivity contribution in [1.29, 1.82) is 0 Å². The lowest BCUT2D eigenvalue weighted by molar-refractivity contribution is -0.128. The molecule has 0 unspecified atom stereocenters. The van der Waals surface area contributed by atoms with E-state index in [2.05, 4.69) is 17.4 Å². The van der Waals surface area contributed by atoms with Gasteiger partial charge in [-0.3, -0.25) is 9.59 Å². The van der Waals surface area contributed by atoms with E-state index in [1.807, 2.05) is 35.2 Å². The molecule has 0 saturated carbocycles. The lowest BCUT2D eigenvalue weighted by Crippen LogP contribution is -2.30. The van der Waals surface area contributed by atoms with Crippen LogP contribution >= 0.6 is 23.4 Å². The zero-order chi connectivity index (χ0) is 24.1. The van der Waals surface area contributed by atoms with Gasteiger partial charge < -0.3 is 19.7 Å². The number of rotatable bonds is 8. The smallest absolute Gasteiger partial charge is 0.255 e. The molecule has 1 fully saturated rings. The van der Waals surface area contributed by atoms with Gasteiger partial charge in [0.1, 0.15) is 16.9 Å². The van der Waals surface area contributed by atoms with Crippen molar-refractivity contribution < 1.29 is 19.1 Å². The highest BCUT2D eigenvalue weighted by Gasteiger charge is 2.32. The molecular formula is C26H25ClN2O4S. The number of thioether (sulfide) groups is 1. The summed E-state index contributed by atoms with van der Waals surface area (Å²) < 4.78 is 10.6. The molecule has 1 atom stereocenters. The van der Waals surface area contributed by atoms with Gasteiger partial charge in [-0.05, 0) is 29.7 Å². The van der Waals surface area contributed by atoms with E-state index in [1.54, 1.807) is 36.0 Å². The summed E-state index contributed by atoms with van der Waals surface area (Å²) in [5.74, 6) is 1.18. The highest BCUT2D eigenvalue weighted by Crippen LogP contribution is 2.39. The maximum atomic E-state index is 12.9. The van der Waals surface area contributed by atoms with Gasteiger partial charge >= 0.3 is 0 Å². The molecule has 3 aromatic rings. The summed E-state index contributed by atoms with van der Waals surface area (Å²) in [6.07, 6.45) is 0.802. The second kappa shape index (κ2) is 10.8. The molecule has 0 bridgehead atoms. The van der Waals surface area contributed by atoms with Crippen LogP contribution in [0.4, 0.5) is 5.69 Å². The molecule has 8 heteroatoms. The van der Waals surface area contributed by atoms with Gasteiger partial charge in [-0.25, -0.2) is 0 Å². The SMILES string of the molecule is COc1cc(NC(=O)c2ccc([C@@H]3SCC(=O)N3CCc3ccccc3)cc2)c(OC)cc1Cl. The van der Waals surface area contributed by atoms with Crippen LogP contribution in [0.3, 0.4) is 0 Å². The Morgan fingerprint density at radius 1 is 1.06 bits per heavy atom. The molecule has 1 N–H and O–H groups in total. The summed E-state index contributed by atoms with van der Waals surface area (Å²) in [6, 6.07) is 20.7. The molecule has 2 amide bonds. The van der Waals surface area contributed by atoms with E-state index in [4.69, 9.17) is 21.1 Å². The van der Waals surface area contributed by atoms with Crippen LogP contribution in [0.25, 0.3) is 0 Å². The van der Waals surface area contributed by atoms with Crippen molar-refractivity contribution in [3.8, 4) is 11.5 Å². The summed E-state index contributed by atoms with van der Waals surface area (Å²) in [7, 11) is 3.01. The monoisotopic (exact) mass is 496 g/mol. The molecule has 1 heterocycles. The summed E-state index contributed by atoms with van der Waals surface area (Å²) >= 11 is 7.75. The first kappa shape index (κ1) is 24.0. The molecule has 0 radical (unpaired) electrons. The summed E-state index contributed by atoms with van der Waals surface area (Å²) in [5, 5.41) is 3.18. The van der Waals surface area contributed by atoms with E-state index in [-0.39, 0.29) is 17.2 Å². The number of carbonyl (C=O) groups excluding carboxylic acids is 2. The Morgan fingerprint density at radius 2 is 1.76 bits per heavy atom. The minimum absolute atomic E-state index is 0.0612. The van der Waals surface area contributed by atoms with Crippen LogP contribution in [-0.2, 0) is 11.2 Å². The van der Waals surface area contributed by atoms with Crippen LogP contribution in [0.5, 0.6) is 11.5 Å². The third-order valence-corrected chi connectivity index (χ3v) is 7.18. The normalized spacial score (nSPS) is 15.3. The van der Waals surface area contributed by atoms with Gasteiger partial charge in [0.2, 0.25) is 5.91 Å². The first-order valence-electron chi connectivity index (χ1n) is 10.8. The van der Waals surface area contributed by atoms with Gasteiger partial charge in [-0.15, -0.1) is 11.8 Å². The molecule has 1 aliphatic heterocycles. The Morgan fingerprint density at radius 3 is 2.44 bits per heavy atom. The first-order chi connectivity index (χ1) is 16.5. The van der Waals surface area contributed by atoms with Crippen molar-refractivity contribution in [2.24, 2.45) is 0 Å². The van der Waals surface area contributed by atoms with Crippen LogP contribution in [0.15, 0.2) is 66.7 Å². The number of nitrogens with zero attached hydrogens (tertiary/aromatic N) is 1. The van der Waals surface area contributed by atoms with E-state index in [1.165, 1.54) is 19.8 Å². The number of hydrogen-bond donors (Lipinski definition) is 1. The lowest BCUT2D eigenvalue weighted by atomic mass is 10.1. The fraction of sp³-hybridized carbons (Fsp3) is 0.231. The Hall–Kier alpha value is -3.16. The standard InChI is InChI=1S/C26H25ClN2O4S/c1-32-22-15-21(23(33-2)14-20(22)27)28-25(31)18-8-10-19(11-9-18)26-29(24(30)16-34-26)13-12-17-6-4-3-5-7-17/h3-11,14-15,26H,12-13,16H2,1-2H3,(H,28,31)/t26-/m0/s1. The maximum absolute atomic E-state index is 12.9. The molecule has 34 heavy (non-hydrogen) atoms. The molecule has 3 aromatic carbocycles. The molecule has 4 rings (SSSR count). The van der Waals surface area contributed by atoms with Crippen molar-refractivity contribution in [2.45, 2.75) is 11.8 Å². The minimum Gasteiger partial charge on any atom is -0.495 e. The Balaban J connectivity index is 1.46. The Kier molecular flexibility index (Phi) is 7.65. The zero-order valence-electron chi connectivity index (χ0n) is 18.9. The Labute approximate surface area is 208 Å². The number of amides is 2. The maximum Gasteiger partial charge on any atom is 0.255 e. The van der Waals surface area contributed by atoms with Crippen molar-refractivity contribution in [1.82, 2.24) is 4.90 Å². The third kappa shape index (κ3) is 5.32. The number of methoxy groups -OCH3 is 2. The largest absolute Gasteiger partial charge is 0.495 e. The molecule has 1 aliphatic rings. The topological polar surface area (TPSA) is 67.9 Å². The van der Waals surface area contributed by atoms with Crippen LogP contribution in [0.2, 0.25) is 5.02 Å². The molecule has 0 aromatic heterocycles. The number of halogens is 1. The number of nitrogens with one attached hydrogen (secondary N) is 1. The average molecular weight is 497 g/mol. The zero-order valence-corrected chi connectivity index (χ0v) is 20.5. The lowest BCUT2D eigenvalue weighted by Gasteiger charge is -2.24. The minimum atomic E-state index is -0.287. The highest BCUT2D eigenvalue weighted by molar-refractivity contribution is 8.00. The quantitative estimate of drug-likeness (QED) is 0.450. The fourth-order valence-electron chi connectivity index (χ4n) is 3.82. The summed E-state index contributed by atoms with van der Waals surface area (Å²) in [4.78, 5) is 27.3. The van der Waals surface area contributed by atoms with Gasteiger partial charge in [0.25, 0.3) is 5.91 Å². The number of benzene rings is 3. The summed E-state index contributed by atoms with van der Waals surface area (Å²) in [6.45, 7) is 0.654. The van der Waals surface area contributed by atoms with Gasteiger partial charge in [0.05, 0.1) is 30.7 Å². The second-order valence-corrected chi connectivity index (χ2v) is 9.22. The first-order valence-corrected chi connectivity index (χ1v) is 12.2. The van der Waals surface area contributed by atoms with Crippen molar-refractivity contribution in [3.63, 3.8) is 0 Å². The predicted molar refractivity (Wildman–Crippen MR) is 136 cm³/mol. The number of hydrogen-bond acceptors (Lipinski definition) is 5. The predicted octanol–water partition coefficient (Wildman–Crippen LogP) is 5.43. The molecule has 176 valence electrons. The van der Waals surface area contributed by atoms with Crippen LogP contribution in [0.1, 0.15) is 26.9 Å². The van der Waals surface area contributed by atoms with Crippen molar-refractivity contribution in [3.05, 3.63) is 88.4 Å². The third-order valence-electron chi connectivity index (χ3n) is 5.63. The van der Waals surface area contributed by atoms with E-state index < -0.39 is 0 Å². The Bertz CT molecular complexity index is 1170.